The Morgan fingerprint density at radius 1 is 0.818 bits per heavy atom. The fourth-order valence-corrected chi connectivity index (χ4v) is 8.35. The third-order valence-corrected chi connectivity index (χ3v) is 9.69. The molecule has 1 aliphatic heterocycles. The second kappa shape index (κ2) is 7.36. The van der Waals surface area contributed by atoms with Crippen molar-refractivity contribution in [3.05, 3.63) is 122 Å². The lowest BCUT2D eigenvalue weighted by atomic mass is 9.75. The first kappa shape index (κ1) is 19.7. The van der Waals surface area contributed by atoms with E-state index < -0.39 is 0 Å². The molecule has 0 nitrogen and oxygen atoms in total. The normalized spacial score (nSPS) is 19.8. The van der Waals surface area contributed by atoms with Gasteiger partial charge in [-0.25, -0.2) is 0 Å². The maximum absolute atomic E-state index is 2.59. The third kappa shape index (κ3) is 2.91. The summed E-state index contributed by atoms with van der Waals surface area (Å²) in [5.41, 5.74) is 13.5. The van der Waals surface area contributed by atoms with Crippen LogP contribution in [0.4, 0.5) is 0 Å². The molecule has 0 saturated carbocycles. The van der Waals surface area contributed by atoms with Crippen molar-refractivity contribution in [1.82, 2.24) is 0 Å². The average molecular weight is 536 g/mol. The predicted molar refractivity (Wildman–Crippen MR) is 150 cm³/mol. The summed E-state index contributed by atoms with van der Waals surface area (Å²) < 4.78 is 5.01. The minimum Gasteiger partial charge on any atom is -0.0934 e. The fourth-order valence-electron chi connectivity index (χ4n) is 6.20. The highest BCUT2D eigenvalue weighted by molar-refractivity contribution is 14.2. The van der Waals surface area contributed by atoms with Crippen LogP contribution in [0.2, 0.25) is 0 Å². The van der Waals surface area contributed by atoms with Gasteiger partial charge in [0, 0.05) is 5.41 Å². The van der Waals surface area contributed by atoms with Crippen LogP contribution < -0.4 is 0 Å². The Balaban J connectivity index is 1.33. The summed E-state index contributed by atoms with van der Waals surface area (Å²) in [4.78, 5) is 0. The molecule has 1 unspecified atom stereocenters. The summed E-state index contributed by atoms with van der Waals surface area (Å²) in [7, 11) is 0. The van der Waals surface area contributed by atoms with E-state index in [-0.39, 0.29) is 26.1 Å². The van der Waals surface area contributed by atoms with Crippen LogP contribution in [0.3, 0.4) is 0 Å². The van der Waals surface area contributed by atoms with Gasteiger partial charge in [0.05, 0.1) is 0 Å². The lowest BCUT2D eigenvalue weighted by Gasteiger charge is -2.29. The average Bonchev–Trinajstić information content (AvgIpc) is 3.36. The number of halogens is 1. The van der Waals surface area contributed by atoms with Crippen LogP contribution in [0.1, 0.15) is 41.2 Å². The van der Waals surface area contributed by atoms with Crippen molar-refractivity contribution in [2.45, 2.75) is 31.6 Å². The lowest BCUT2D eigenvalue weighted by Crippen LogP contribution is -2.22. The molecule has 7 rings (SSSR count). The van der Waals surface area contributed by atoms with Crippen molar-refractivity contribution in [3.63, 3.8) is 0 Å². The van der Waals surface area contributed by atoms with Crippen LogP contribution in [0.5, 0.6) is 0 Å². The van der Waals surface area contributed by atoms with Gasteiger partial charge in [-0.3, -0.25) is 0 Å². The zero-order chi connectivity index (χ0) is 22.0. The summed E-state index contributed by atoms with van der Waals surface area (Å²) >= 11 is 0.00837. The van der Waals surface area contributed by atoms with Crippen LogP contribution >= 0.6 is 20.7 Å². The topological polar surface area (TPSA) is 0 Å². The maximum atomic E-state index is 2.59. The van der Waals surface area contributed by atoms with E-state index in [2.05, 4.69) is 100.0 Å². The molecule has 33 heavy (non-hydrogen) atoms. The molecule has 2 aliphatic carbocycles. The molecule has 0 saturated heterocycles. The minimum atomic E-state index is 0.00837. The van der Waals surface area contributed by atoms with Crippen LogP contribution in [0, 0.1) is 0 Å². The number of allylic oxidation sites excluding steroid dienone is 3. The molecule has 0 fully saturated rings. The van der Waals surface area contributed by atoms with Crippen LogP contribution in [-0.4, -0.2) is 4.01 Å². The number of aryl methyl sites for hydroxylation is 1. The van der Waals surface area contributed by atoms with Crippen molar-refractivity contribution in [1.29, 1.82) is 0 Å². The summed E-state index contributed by atoms with van der Waals surface area (Å²) in [6.45, 7) is 2.50. The molecule has 4 aromatic carbocycles. The molecule has 1 atom stereocenters. The molecule has 0 radical (unpaired) electrons. The Morgan fingerprint density at radius 3 is 2.52 bits per heavy atom. The van der Waals surface area contributed by atoms with E-state index in [0.29, 0.717) is 0 Å². The van der Waals surface area contributed by atoms with Crippen molar-refractivity contribution >= 4 is 41.1 Å². The number of hydrogen-bond donors (Lipinski definition) is 0. The second-order valence-electron chi connectivity index (χ2n) is 9.72. The number of hydrogen-bond acceptors (Lipinski definition) is 0. The Hall–Kier alpha value is -2.78. The highest BCUT2D eigenvalue weighted by atomic mass is 127. The summed E-state index contributed by atoms with van der Waals surface area (Å²) in [5, 5.41) is 2.70. The molecule has 3 aliphatic rings. The van der Waals surface area contributed by atoms with Crippen molar-refractivity contribution in [2.24, 2.45) is 0 Å². The Bertz CT molecular complexity index is 1550. The Morgan fingerprint density at radius 2 is 1.61 bits per heavy atom. The molecule has 0 spiro atoms. The molecular weight excluding hydrogens is 511 g/mol. The van der Waals surface area contributed by atoms with Gasteiger partial charge in [-0.05, 0) is 106 Å². The van der Waals surface area contributed by atoms with Crippen molar-refractivity contribution in [2.75, 3.05) is 0 Å². The Kier molecular flexibility index (Phi) is 4.39. The van der Waals surface area contributed by atoms with Gasteiger partial charge in [-0.15, -0.1) is 0 Å². The first-order chi connectivity index (χ1) is 16.2. The predicted octanol–water partition coefficient (Wildman–Crippen LogP) is 8.37. The van der Waals surface area contributed by atoms with E-state index in [1.165, 1.54) is 55.3 Å². The van der Waals surface area contributed by atoms with Crippen LogP contribution in [0.15, 0.2) is 94.6 Å². The number of benzene rings is 4. The van der Waals surface area contributed by atoms with Gasteiger partial charge >= 0.3 is 0 Å². The largest absolute Gasteiger partial charge is 0.0934 e. The highest BCUT2D eigenvalue weighted by Crippen LogP contribution is 2.55. The fraction of sp³-hybridized carbons (Fsp3) is 0.156. The zero-order valence-electron chi connectivity index (χ0n) is 18.7. The molecule has 4 aromatic rings. The quantitative estimate of drug-likeness (QED) is 0.203. The van der Waals surface area contributed by atoms with Gasteiger partial charge in [0.15, 0.2) is 0 Å². The second-order valence-corrected chi connectivity index (χ2v) is 11.8. The van der Waals surface area contributed by atoms with E-state index in [9.17, 15) is 0 Å². The minimum absolute atomic E-state index is 0.00837. The molecule has 160 valence electrons. The van der Waals surface area contributed by atoms with Crippen LogP contribution in [0.25, 0.3) is 27.5 Å². The van der Waals surface area contributed by atoms with Crippen LogP contribution in [-0.2, 0) is 18.3 Å². The molecule has 0 N–H and O–H groups in total. The monoisotopic (exact) mass is 536 g/mol. The molecule has 1 heteroatoms. The highest BCUT2D eigenvalue weighted by Gasteiger charge is 2.42. The van der Waals surface area contributed by atoms with Gasteiger partial charge in [-0.1, -0.05) is 94.4 Å². The van der Waals surface area contributed by atoms with Gasteiger partial charge in [0.1, 0.15) is 0 Å². The van der Waals surface area contributed by atoms with E-state index in [0.717, 1.165) is 19.3 Å². The van der Waals surface area contributed by atoms with Gasteiger partial charge in [-0.2, -0.15) is 0 Å². The van der Waals surface area contributed by atoms with Gasteiger partial charge in [0.25, 0.3) is 0 Å². The standard InChI is InChI=1S/C32H25I/c1-32(15-13-21-10-6-11-25-17-24-9-4-5-12-26(24)31(21)25)29-19-23-8-3-2-7-22(23)18-28(29)27-14-16-33-20-30(27)32/h2-12,14,16,18-20H,13,15,17H2,1H3. The lowest BCUT2D eigenvalue weighted by molar-refractivity contribution is 0.535. The first-order valence-electron chi connectivity index (χ1n) is 11.8. The van der Waals surface area contributed by atoms with Gasteiger partial charge in [0.2, 0.25) is 0 Å². The van der Waals surface area contributed by atoms with E-state index >= 15 is 0 Å². The maximum Gasteiger partial charge on any atom is 0.0194 e. The summed E-state index contributed by atoms with van der Waals surface area (Å²) in [6, 6.07) is 29.7. The SMILES string of the molecule is CC1(CCc2cccc3c2-c2ccccc2C3)C2=CI=CC=C2c2cc3ccccc3cc21. The molecule has 0 amide bonds. The Labute approximate surface area is 205 Å². The number of fused-ring (bicyclic) bond motifs is 7. The zero-order valence-corrected chi connectivity index (χ0v) is 20.9. The van der Waals surface area contributed by atoms with Crippen molar-refractivity contribution in [3.8, 4) is 11.1 Å². The van der Waals surface area contributed by atoms with E-state index in [1.54, 1.807) is 5.57 Å². The molecule has 0 aromatic heterocycles. The summed E-state index contributed by atoms with van der Waals surface area (Å²) in [5.74, 6) is 0. The van der Waals surface area contributed by atoms with Crippen molar-refractivity contribution < 1.29 is 0 Å². The molecular formula is C32H25I. The van der Waals surface area contributed by atoms with E-state index in [1.807, 2.05) is 0 Å². The van der Waals surface area contributed by atoms with E-state index in [4.69, 9.17) is 0 Å². The smallest absolute Gasteiger partial charge is 0.0194 e. The molecule has 0 bridgehead atoms. The summed E-state index contributed by atoms with van der Waals surface area (Å²) in [6.07, 6.45) is 5.73. The molecule has 1 heterocycles. The number of rotatable bonds is 3. The third-order valence-electron chi connectivity index (χ3n) is 7.93. The first-order valence-corrected chi connectivity index (χ1v) is 14.3. The van der Waals surface area contributed by atoms with Gasteiger partial charge < -0.3 is 0 Å².